The average Bonchev–Trinajstić information content (AvgIpc) is 3.65. The fourth-order valence-electron chi connectivity index (χ4n) is 6.64. The molecule has 0 unspecified atom stereocenters. The molecular weight excluding hydrogens is 453 g/mol. The van der Waals surface area contributed by atoms with E-state index in [-0.39, 0.29) is 22.7 Å². The van der Waals surface area contributed by atoms with Crippen molar-refractivity contribution >= 4 is 15.9 Å². The molecule has 0 spiro atoms. The van der Waals surface area contributed by atoms with Gasteiger partial charge < -0.3 is 5.32 Å². The molecule has 6 nitrogen and oxygen atoms in total. The number of carbonyl (C=O) groups is 1. The molecule has 4 aliphatic rings. The molecule has 0 bridgehead atoms. The zero-order valence-corrected chi connectivity index (χ0v) is 21.0. The first-order valence-corrected chi connectivity index (χ1v) is 14.6. The summed E-state index contributed by atoms with van der Waals surface area (Å²) in [6.45, 7) is 5.12. The Balaban J connectivity index is 1.37. The van der Waals surface area contributed by atoms with E-state index in [0.29, 0.717) is 55.2 Å². The number of carbonyl (C=O) groups excluding carboxylic acids is 1. The molecule has 3 heterocycles. The van der Waals surface area contributed by atoms with E-state index in [1.54, 1.807) is 11.2 Å². The number of hydrogen-bond acceptors (Lipinski definition) is 4. The van der Waals surface area contributed by atoms with E-state index in [0.717, 1.165) is 45.3 Å². The summed E-state index contributed by atoms with van der Waals surface area (Å²) in [6.07, 6.45) is 8.53. The Bertz CT molecular complexity index is 1010. The third-order valence-corrected chi connectivity index (χ3v) is 10.4. The van der Waals surface area contributed by atoms with Gasteiger partial charge in [-0.2, -0.15) is 4.31 Å². The molecule has 0 radical (unpaired) electrons. The number of piperidine rings is 3. The van der Waals surface area contributed by atoms with E-state index in [1.807, 2.05) is 0 Å². The van der Waals surface area contributed by atoms with Gasteiger partial charge in [0.15, 0.2) is 0 Å². The Hall–Kier alpha value is -1.51. The van der Waals surface area contributed by atoms with Crippen molar-refractivity contribution in [1.29, 1.82) is 0 Å². The molecule has 1 saturated carbocycles. The Morgan fingerprint density at radius 1 is 1.15 bits per heavy atom. The topological polar surface area (TPSA) is 69.7 Å². The molecule has 8 heteroatoms. The third kappa shape index (κ3) is 4.91. The summed E-state index contributed by atoms with van der Waals surface area (Å²) >= 11 is 0. The van der Waals surface area contributed by atoms with Gasteiger partial charge in [-0.05, 0) is 113 Å². The number of benzene rings is 1. The van der Waals surface area contributed by atoms with Gasteiger partial charge in [0.25, 0.3) is 0 Å². The van der Waals surface area contributed by atoms with E-state index >= 15 is 0 Å². The molecule has 3 saturated heterocycles. The molecule has 1 aromatic rings. The highest BCUT2D eigenvalue weighted by Crippen LogP contribution is 2.45. The van der Waals surface area contributed by atoms with Crippen molar-refractivity contribution in [1.82, 2.24) is 14.5 Å². The molecular formula is C26H38FN3O3S. The predicted octanol–water partition coefficient (Wildman–Crippen LogP) is 3.69. The Labute approximate surface area is 203 Å². The Morgan fingerprint density at radius 2 is 1.91 bits per heavy atom. The van der Waals surface area contributed by atoms with E-state index in [9.17, 15) is 17.6 Å². The van der Waals surface area contributed by atoms with Crippen LogP contribution in [0.5, 0.6) is 0 Å². The molecule has 5 rings (SSSR count). The van der Waals surface area contributed by atoms with Crippen LogP contribution in [0.3, 0.4) is 0 Å². The van der Waals surface area contributed by atoms with E-state index in [2.05, 4.69) is 10.2 Å². The van der Waals surface area contributed by atoms with Crippen LogP contribution in [0.4, 0.5) is 4.39 Å². The van der Waals surface area contributed by atoms with Crippen LogP contribution in [0, 0.1) is 30.5 Å². The van der Waals surface area contributed by atoms with Crippen molar-refractivity contribution in [2.24, 2.45) is 17.8 Å². The van der Waals surface area contributed by atoms with Crippen molar-refractivity contribution in [3.05, 3.63) is 29.6 Å². The van der Waals surface area contributed by atoms with Crippen LogP contribution in [0.15, 0.2) is 23.1 Å². The quantitative estimate of drug-likeness (QED) is 0.602. The molecule has 34 heavy (non-hydrogen) atoms. The number of aryl methyl sites for hydroxylation is 1. The lowest BCUT2D eigenvalue weighted by molar-refractivity contribution is -0.121. The van der Waals surface area contributed by atoms with Crippen LogP contribution in [-0.2, 0) is 14.8 Å². The summed E-state index contributed by atoms with van der Waals surface area (Å²) in [5.41, 5.74) is 0.348. The fourth-order valence-corrected chi connectivity index (χ4v) is 8.49. The van der Waals surface area contributed by atoms with Crippen LogP contribution in [0.2, 0.25) is 0 Å². The maximum Gasteiger partial charge on any atom is 0.243 e. The number of nitrogens with zero attached hydrogens (tertiary/aromatic N) is 2. The number of nitrogens with one attached hydrogen (secondary N) is 1. The molecule has 1 N–H and O–H groups in total. The first-order valence-electron chi connectivity index (χ1n) is 13.1. The normalized spacial score (nSPS) is 30.1. The van der Waals surface area contributed by atoms with Gasteiger partial charge in [-0.15, -0.1) is 0 Å². The zero-order chi connectivity index (χ0) is 23.9. The molecule has 3 aliphatic heterocycles. The molecule has 4 atom stereocenters. The lowest BCUT2D eigenvalue weighted by Crippen LogP contribution is -2.65. The van der Waals surface area contributed by atoms with Gasteiger partial charge >= 0.3 is 0 Å². The highest BCUT2D eigenvalue weighted by Gasteiger charge is 2.51. The van der Waals surface area contributed by atoms with Crippen molar-refractivity contribution in [3.8, 4) is 0 Å². The van der Waals surface area contributed by atoms with Crippen molar-refractivity contribution < 1.29 is 17.6 Å². The van der Waals surface area contributed by atoms with Gasteiger partial charge in [0.05, 0.1) is 4.90 Å². The van der Waals surface area contributed by atoms with Gasteiger partial charge in [0, 0.05) is 31.6 Å². The second-order valence-corrected chi connectivity index (χ2v) is 12.8. The van der Waals surface area contributed by atoms with Gasteiger partial charge in [-0.1, -0.05) is 0 Å². The smallest absolute Gasteiger partial charge is 0.243 e. The Kier molecular flexibility index (Phi) is 7.02. The largest absolute Gasteiger partial charge is 0.356 e. The SMILES string of the molecule is Cc1cc(S(=O)(=O)N2C[C@@H]3CCCN4CCC[C@@H]([C@H]34)[C@H]2CCCC(=O)NCC2CC2)ccc1F. The van der Waals surface area contributed by atoms with Crippen molar-refractivity contribution in [2.75, 3.05) is 26.2 Å². The minimum Gasteiger partial charge on any atom is -0.356 e. The van der Waals surface area contributed by atoms with Gasteiger partial charge in [-0.25, -0.2) is 12.8 Å². The van der Waals surface area contributed by atoms with E-state index < -0.39 is 10.0 Å². The summed E-state index contributed by atoms with van der Waals surface area (Å²) in [5.74, 6) is 0.972. The van der Waals surface area contributed by atoms with Gasteiger partial charge in [-0.3, -0.25) is 9.69 Å². The second-order valence-electron chi connectivity index (χ2n) is 10.9. The zero-order valence-electron chi connectivity index (χ0n) is 20.2. The van der Waals surface area contributed by atoms with Crippen LogP contribution in [0.1, 0.15) is 63.4 Å². The number of halogens is 1. The molecule has 0 aromatic heterocycles. The van der Waals surface area contributed by atoms with Crippen LogP contribution >= 0.6 is 0 Å². The number of amides is 1. The second kappa shape index (κ2) is 9.86. The summed E-state index contributed by atoms with van der Waals surface area (Å²) in [6, 6.07) is 4.45. The van der Waals surface area contributed by atoms with Crippen LogP contribution < -0.4 is 5.32 Å². The van der Waals surface area contributed by atoms with Gasteiger partial charge in [0.1, 0.15) is 5.82 Å². The maximum atomic E-state index is 13.9. The minimum absolute atomic E-state index is 0.0760. The summed E-state index contributed by atoms with van der Waals surface area (Å²) in [4.78, 5) is 15.1. The van der Waals surface area contributed by atoms with Gasteiger partial charge in [0.2, 0.25) is 15.9 Å². The molecule has 1 aliphatic carbocycles. The minimum atomic E-state index is -3.75. The van der Waals surface area contributed by atoms with E-state index in [4.69, 9.17) is 0 Å². The summed E-state index contributed by atoms with van der Waals surface area (Å²) in [7, 11) is -3.75. The van der Waals surface area contributed by atoms with Crippen molar-refractivity contribution in [2.45, 2.75) is 81.7 Å². The van der Waals surface area contributed by atoms with E-state index in [1.165, 1.54) is 31.0 Å². The molecule has 1 amide bonds. The third-order valence-electron chi connectivity index (χ3n) is 8.55. The first-order chi connectivity index (χ1) is 16.3. The standard InChI is InChI=1S/C26H38FN3O3S/c1-18-15-21(11-12-23(18)27)34(32,33)30-17-20-5-3-13-29-14-4-6-22(26(20)29)24(30)7-2-8-25(31)28-16-19-9-10-19/h11-12,15,19-20,22,24,26H,2-10,13-14,16-17H2,1H3,(H,28,31)/t20-,22+,24+,26-/m0/s1. The lowest BCUT2D eigenvalue weighted by Gasteiger charge is -2.57. The van der Waals surface area contributed by atoms with Crippen LogP contribution in [0.25, 0.3) is 0 Å². The highest BCUT2D eigenvalue weighted by atomic mass is 32.2. The van der Waals surface area contributed by atoms with Crippen LogP contribution in [-0.4, -0.2) is 61.8 Å². The Morgan fingerprint density at radius 3 is 2.65 bits per heavy atom. The molecule has 1 aromatic carbocycles. The number of hydrogen-bond donors (Lipinski definition) is 1. The lowest BCUT2D eigenvalue weighted by atomic mass is 9.70. The molecule has 188 valence electrons. The number of sulfonamides is 1. The first kappa shape index (κ1) is 24.2. The summed E-state index contributed by atoms with van der Waals surface area (Å²) in [5, 5.41) is 3.04. The summed E-state index contributed by atoms with van der Waals surface area (Å²) < 4.78 is 43.4. The fraction of sp³-hybridized carbons (Fsp3) is 0.731. The number of rotatable bonds is 8. The highest BCUT2D eigenvalue weighted by molar-refractivity contribution is 7.89. The average molecular weight is 492 g/mol. The van der Waals surface area contributed by atoms with Crippen molar-refractivity contribution in [3.63, 3.8) is 0 Å². The monoisotopic (exact) mass is 491 g/mol. The maximum absolute atomic E-state index is 13.9. The molecule has 4 fully saturated rings. The predicted molar refractivity (Wildman–Crippen MR) is 129 cm³/mol.